The highest BCUT2D eigenvalue weighted by atomic mass is 127. The van der Waals surface area contributed by atoms with Crippen molar-refractivity contribution in [2.75, 3.05) is 7.05 Å². The lowest BCUT2D eigenvalue weighted by atomic mass is 9.88. The summed E-state index contributed by atoms with van der Waals surface area (Å²) in [6.07, 6.45) is 3.14. The van der Waals surface area contributed by atoms with Crippen molar-refractivity contribution in [3.05, 3.63) is 59.0 Å². The molecule has 0 saturated heterocycles. The number of guanidine groups is 1. The summed E-state index contributed by atoms with van der Waals surface area (Å²) in [6, 6.07) is 12.2. The number of hydrogen-bond donors (Lipinski definition) is 3. The van der Waals surface area contributed by atoms with Crippen molar-refractivity contribution >= 4 is 35.8 Å². The summed E-state index contributed by atoms with van der Waals surface area (Å²) in [5.41, 5.74) is 8.02. The molecule has 1 aromatic carbocycles. The minimum atomic E-state index is -0.565. The zero-order valence-corrected chi connectivity index (χ0v) is 16.4. The molecule has 0 fully saturated rings. The number of rotatable bonds is 4. The van der Waals surface area contributed by atoms with Gasteiger partial charge in [-0.3, -0.25) is 9.79 Å². The maximum atomic E-state index is 11.0. The molecule has 7 heteroatoms. The molecule has 1 aliphatic carbocycles. The van der Waals surface area contributed by atoms with E-state index >= 15 is 0 Å². The van der Waals surface area contributed by atoms with Gasteiger partial charge in [0, 0.05) is 13.1 Å². The minimum absolute atomic E-state index is 0. The normalized spacial score (nSPS) is 16.5. The Hall–Kier alpha value is -2.03. The Bertz CT molecular complexity index is 757. The average Bonchev–Trinajstić information content (AvgIpc) is 3.08. The maximum absolute atomic E-state index is 11.0. The molecule has 0 saturated carbocycles. The van der Waals surface area contributed by atoms with Gasteiger partial charge in [-0.2, -0.15) is 0 Å². The number of nitrogens with two attached hydrogens (primary N) is 1. The average molecular weight is 454 g/mol. The fourth-order valence-electron chi connectivity index (χ4n) is 2.99. The van der Waals surface area contributed by atoms with E-state index in [4.69, 9.17) is 10.2 Å². The molecule has 25 heavy (non-hydrogen) atoms. The van der Waals surface area contributed by atoms with E-state index in [1.807, 2.05) is 0 Å². The van der Waals surface area contributed by atoms with Crippen LogP contribution in [-0.4, -0.2) is 25.0 Å². The predicted octanol–water partition coefficient (Wildman–Crippen LogP) is 2.22. The molecule has 1 aromatic heterocycles. The van der Waals surface area contributed by atoms with Crippen molar-refractivity contribution in [1.82, 2.24) is 10.6 Å². The molecule has 1 heterocycles. The number of carbonyl (C=O) groups excluding carboxylic acids is 1. The van der Waals surface area contributed by atoms with Crippen molar-refractivity contribution in [3.8, 4) is 0 Å². The van der Waals surface area contributed by atoms with E-state index in [0.717, 1.165) is 25.2 Å². The molecule has 134 valence electrons. The topological polar surface area (TPSA) is 92.6 Å². The molecule has 1 atom stereocenters. The van der Waals surface area contributed by atoms with Crippen molar-refractivity contribution in [2.45, 2.75) is 31.8 Å². The molecule has 1 aliphatic rings. The van der Waals surface area contributed by atoms with Gasteiger partial charge in [-0.15, -0.1) is 24.0 Å². The van der Waals surface area contributed by atoms with Crippen LogP contribution in [0.3, 0.4) is 0 Å². The Balaban J connectivity index is 0.00000225. The van der Waals surface area contributed by atoms with Gasteiger partial charge >= 0.3 is 0 Å². The van der Waals surface area contributed by atoms with Crippen LogP contribution in [0.4, 0.5) is 0 Å². The van der Waals surface area contributed by atoms with Gasteiger partial charge in [0.15, 0.2) is 11.7 Å². The van der Waals surface area contributed by atoms with Crippen LogP contribution in [0.15, 0.2) is 45.8 Å². The number of halogens is 1. The molecule has 2 aromatic rings. The number of nitrogens with zero attached hydrogens (tertiary/aromatic N) is 1. The van der Waals surface area contributed by atoms with Crippen LogP contribution in [-0.2, 0) is 19.4 Å². The van der Waals surface area contributed by atoms with E-state index in [1.165, 1.54) is 11.1 Å². The number of nitrogens with one attached hydrogen (secondary N) is 2. The molecule has 6 nitrogen and oxygen atoms in total. The van der Waals surface area contributed by atoms with E-state index in [9.17, 15) is 4.79 Å². The molecule has 0 radical (unpaired) electrons. The van der Waals surface area contributed by atoms with Gasteiger partial charge in [0.25, 0.3) is 5.91 Å². The third-order valence-electron chi connectivity index (χ3n) is 4.25. The zero-order chi connectivity index (χ0) is 16.9. The molecule has 0 spiro atoms. The van der Waals surface area contributed by atoms with Crippen LogP contribution in [0.5, 0.6) is 0 Å². The molecule has 4 N–H and O–H groups in total. The highest BCUT2D eigenvalue weighted by Crippen LogP contribution is 2.20. The van der Waals surface area contributed by atoms with Crippen molar-refractivity contribution in [2.24, 2.45) is 10.7 Å². The highest BCUT2D eigenvalue weighted by molar-refractivity contribution is 14.0. The largest absolute Gasteiger partial charge is 0.454 e. The number of fused-ring (bicyclic) bond motifs is 1. The Labute approximate surface area is 164 Å². The lowest BCUT2D eigenvalue weighted by molar-refractivity contribution is 0.0972. The Morgan fingerprint density at radius 1 is 1.28 bits per heavy atom. The summed E-state index contributed by atoms with van der Waals surface area (Å²) >= 11 is 0. The number of carbonyl (C=O) groups is 1. The summed E-state index contributed by atoms with van der Waals surface area (Å²) in [7, 11) is 1.74. The monoisotopic (exact) mass is 454 g/mol. The number of aryl methyl sites for hydroxylation is 1. The fourth-order valence-corrected chi connectivity index (χ4v) is 2.99. The first-order chi connectivity index (χ1) is 11.7. The number of amides is 1. The van der Waals surface area contributed by atoms with E-state index in [2.05, 4.69) is 39.9 Å². The third-order valence-corrected chi connectivity index (χ3v) is 4.25. The molecular weight excluding hydrogens is 431 g/mol. The van der Waals surface area contributed by atoms with Crippen molar-refractivity contribution < 1.29 is 9.21 Å². The van der Waals surface area contributed by atoms with Gasteiger partial charge in [-0.25, -0.2) is 0 Å². The summed E-state index contributed by atoms with van der Waals surface area (Å²) < 4.78 is 5.36. The fraction of sp³-hybridized carbons (Fsp3) is 0.333. The summed E-state index contributed by atoms with van der Waals surface area (Å²) in [5.74, 6) is 0.959. The lowest BCUT2D eigenvalue weighted by Crippen LogP contribution is -2.45. The van der Waals surface area contributed by atoms with E-state index < -0.39 is 5.91 Å². The number of primary amides is 1. The van der Waals surface area contributed by atoms with Gasteiger partial charge in [-0.1, -0.05) is 24.3 Å². The Morgan fingerprint density at radius 2 is 2.04 bits per heavy atom. The first kappa shape index (κ1) is 19.3. The number of aliphatic imine (C=N–C) groups is 1. The molecular formula is C18H23IN4O2. The second-order valence-corrected chi connectivity index (χ2v) is 5.91. The Morgan fingerprint density at radius 3 is 2.72 bits per heavy atom. The van der Waals surface area contributed by atoms with Crippen molar-refractivity contribution in [3.63, 3.8) is 0 Å². The second-order valence-electron chi connectivity index (χ2n) is 5.91. The lowest BCUT2D eigenvalue weighted by Gasteiger charge is -2.27. The third kappa shape index (κ3) is 4.97. The van der Waals surface area contributed by atoms with Crippen LogP contribution in [0, 0.1) is 0 Å². The first-order valence-electron chi connectivity index (χ1n) is 8.08. The van der Waals surface area contributed by atoms with E-state index in [0.29, 0.717) is 18.3 Å². The quantitative estimate of drug-likeness (QED) is 0.375. The van der Waals surface area contributed by atoms with E-state index in [-0.39, 0.29) is 29.7 Å². The molecule has 0 aliphatic heterocycles. The van der Waals surface area contributed by atoms with Gasteiger partial charge < -0.3 is 20.8 Å². The molecule has 1 unspecified atom stereocenters. The van der Waals surface area contributed by atoms with Gasteiger partial charge in [-0.05, 0) is 42.5 Å². The smallest absolute Gasteiger partial charge is 0.284 e. The van der Waals surface area contributed by atoms with E-state index in [1.54, 1.807) is 19.2 Å². The van der Waals surface area contributed by atoms with Crippen molar-refractivity contribution in [1.29, 1.82) is 0 Å². The van der Waals surface area contributed by atoms with Crippen LogP contribution in [0.1, 0.15) is 33.9 Å². The first-order valence-corrected chi connectivity index (χ1v) is 8.08. The standard InChI is InChI=1S/C18H22N4O2.HI/c1-20-18(21-11-15-8-9-16(24-15)17(19)23)22-14-7-6-12-4-2-3-5-13(12)10-14;/h2-5,8-9,14H,6-7,10-11H2,1H3,(H2,19,23)(H2,20,21,22);1H. The van der Waals surface area contributed by atoms with Crippen LogP contribution >= 0.6 is 24.0 Å². The van der Waals surface area contributed by atoms with Gasteiger partial charge in [0.2, 0.25) is 0 Å². The maximum Gasteiger partial charge on any atom is 0.284 e. The Kier molecular flexibility index (Phi) is 6.86. The second kappa shape index (κ2) is 8.89. The number of hydrogen-bond acceptors (Lipinski definition) is 3. The summed E-state index contributed by atoms with van der Waals surface area (Å²) in [5, 5.41) is 6.65. The van der Waals surface area contributed by atoms with Crippen LogP contribution < -0.4 is 16.4 Å². The highest BCUT2D eigenvalue weighted by Gasteiger charge is 2.19. The van der Waals surface area contributed by atoms with Gasteiger partial charge in [0.05, 0.1) is 6.54 Å². The summed E-state index contributed by atoms with van der Waals surface area (Å²) in [6.45, 7) is 0.441. The molecule has 3 rings (SSSR count). The SMILES string of the molecule is CN=C(NCc1ccc(C(N)=O)o1)NC1CCc2ccccc2C1.I. The zero-order valence-electron chi connectivity index (χ0n) is 14.1. The summed E-state index contributed by atoms with van der Waals surface area (Å²) in [4.78, 5) is 15.3. The number of benzene rings is 1. The van der Waals surface area contributed by atoms with Crippen LogP contribution in [0.2, 0.25) is 0 Å². The van der Waals surface area contributed by atoms with Gasteiger partial charge in [0.1, 0.15) is 5.76 Å². The minimum Gasteiger partial charge on any atom is -0.454 e. The molecule has 0 bridgehead atoms. The predicted molar refractivity (Wildman–Crippen MR) is 108 cm³/mol. The molecule has 1 amide bonds. The van der Waals surface area contributed by atoms with Crippen LogP contribution in [0.25, 0.3) is 0 Å². The number of furan rings is 1.